The Balaban J connectivity index is 3.00. The Kier molecular flexibility index (Phi) is 5.95. The largest absolute Gasteiger partial charge is 0.241 e. The van der Waals surface area contributed by atoms with E-state index in [1.54, 1.807) is 6.92 Å². The van der Waals surface area contributed by atoms with Gasteiger partial charge in [0.05, 0.1) is 4.90 Å². The lowest BCUT2D eigenvalue weighted by Crippen LogP contribution is -2.37. The van der Waals surface area contributed by atoms with Gasteiger partial charge in [0.25, 0.3) is 0 Å². The van der Waals surface area contributed by atoms with Gasteiger partial charge in [0.15, 0.2) is 0 Å². The van der Waals surface area contributed by atoms with Gasteiger partial charge in [-0.3, -0.25) is 0 Å². The molecule has 0 aliphatic rings. The number of benzene rings is 1. The average Bonchev–Trinajstić information content (AvgIpc) is 2.30. The van der Waals surface area contributed by atoms with Crippen LogP contribution in [0.3, 0.4) is 0 Å². The van der Waals surface area contributed by atoms with E-state index < -0.39 is 15.8 Å². The highest BCUT2D eigenvalue weighted by Gasteiger charge is 2.22. The smallest absolute Gasteiger partial charge is 0.207 e. The second kappa shape index (κ2) is 6.81. The first-order valence-corrected chi connectivity index (χ1v) is 8.71. The topological polar surface area (TPSA) is 46.2 Å². The average molecular weight is 352 g/mol. The molecule has 1 atom stereocenters. The van der Waals surface area contributed by atoms with E-state index in [1.165, 1.54) is 12.1 Å². The van der Waals surface area contributed by atoms with Crippen molar-refractivity contribution in [2.24, 2.45) is 5.92 Å². The number of sulfonamides is 1. The molecular formula is C13H19BrFNO2S. The summed E-state index contributed by atoms with van der Waals surface area (Å²) in [6.07, 6.45) is 0.721. The first-order chi connectivity index (χ1) is 8.76. The molecule has 6 heteroatoms. The fourth-order valence-corrected chi connectivity index (χ4v) is 4.00. The van der Waals surface area contributed by atoms with Crippen LogP contribution in [-0.2, 0) is 10.0 Å². The molecule has 1 N–H and O–H groups in total. The molecule has 0 bridgehead atoms. The lowest BCUT2D eigenvalue weighted by Gasteiger charge is -2.19. The summed E-state index contributed by atoms with van der Waals surface area (Å²) in [5.41, 5.74) is 0.534. The lowest BCUT2D eigenvalue weighted by atomic mass is 10.1. The summed E-state index contributed by atoms with van der Waals surface area (Å²) in [5, 5.41) is 0.527. The van der Waals surface area contributed by atoms with Crippen LogP contribution >= 0.6 is 15.9 Å². The fraction of sp³-hybridized carbons (Fsp3) is 0.538. The van der Waals surface area contributed by atoms with Crippen LogP contribution in [0, 0.1) is 18.7 Å². The Hall–Kier alpha value is -0.460. The van der Waals surface area contributed by atoms with Gasteiger partial charge in [-0.15, -0.1) is 0 Å². The molecule has 0 amide bonds. The summed E-state index contributed by atoms with van der Waals surface area (Å²) in [7, 11) is -3.69. The predicted octanol–water partition coefficient (Wildman–Crippen LogP) is 3.22. The molecule has 1 aromatic rings. The monoisotopic (exact) mass is 351 g/mol. The molecule has 0 heterocycles. The maximum absolute atomic E-state index is 13.2. The molecule has 0 saturated carbocycles. The van der Waals surface area contributed by atoms with Crippen molar-refractivity contribution in [1.29, 1.82) is 0 Å². The normalized spacial score (nSPS) is 13.8. The van der Waals surface area contributed by atoms with E-state index in [0.29, 0.717) is 16.8 Å². The molecule has 0 spiro atoms. The Morgan fingerprint density at radius 2 is 2.00 bits per heavy atom. The van der Waals surface area contributed by atoms with E-state index >= 15 is 0 Å². The third-order valence-corrected chi connectivity index (χ3v) is 5.15. The first-order valence-electron chi connectivity index (χ1n) is 6.10. The molecule has 108 valence electrons. The van der Waals surface area contributed by atoms with Crippen LogP contribution in [0.5, 0.6) is 0 Å². The molecule has 1 aromatic carbocycles. The van der Waals surface area contributed by atoms with E-state index in [4.69, 9.17) is 0 Å². The van der Waals surface area contributed by atoms with Crippen molar-refractivity contribution in [3.05, 3.63) is 29.6 Å². The van der Waals surface area contributed by atoms with Crippen LogP contribution in [0.4, 0.5) is 4.39 Å². The lowest BCUT2D eigenvalue weighted by molar-refractivity contribution is 0.487. The highest BCUT2D eigenvalue weighted by Crippen LogP contribution is 2.18. The van der Waals surface area contributed by atoms with E-state index in [-0.39, 0.29) is 10.9 Å². The maximum atomic E-state index is 13.2. The quantitative estimate of drug-likeness (QED) is 0.799. The zero-order valence-corrected chi connectivity index (χ0v) is 13.7. The van der Waals surface area contributed by atoms with Gasteiger partial charge < -0.3 is 0 Å². The molecular weight excluding hydrogens is 333 g/mol. The minimum atomic E-state index is -3.69. The maximum Gasteiger partial charge on any atom is 0.241 e. The third kappa shape index (κ3) is 4.85. The molecule has 1 rings (SSSR count). The van der Waals surface area contributed by atoms with Crippen molar-refractivity contribution in [2.45, 2.75) is 38.1 Å². The number of hydrogen-bond donors (Lipinski definition) is 1. The van der Waals surface area contributed by atoms with E-state index in [0.717, 1.165) is 12.5 Å². The predicted molar refractivity (Wildman–Crippen MR) is 78.5 cm³/mol. The van der Waals surface area contributed by atoms with Crippen LogP contribution in [-0.4, -0.2) is 19.8 Å². The summed E-state index contributed by atoms with van der Waals surface area (Å²) in [6.45, 7) is 5.70. The second-order valence-electron chi connectivity index (χ2n) is 5.01. The van der Waals surface area contributed by atoms with Gasteiger partial charge in [-0.25, -0.2) is 17.5 Å². The standard InChI is InChI=1S/C13H19BrFNO2S/c1-9(2)6-12(8-14)16-19(17,18)13-7-11(15)5-4-10(13)3/h4-5,7,9,12,16H,6,8H2,1-3H3. The molecule has 0 aliphatic carbocycles. The molecule has 3 nitrogen and oxygen atoms in total. The minimum Gasteiger partial charge on any atom is -0.207 e. The Labute approximate surface area is 122 Å². The summed E-state index contributed by atoms with van der Waals surface area (Å²) < 4.78 is 40.3. The fourth-order valence-electron chi connectivity index (χ4n) is 1.86. The molecule has 19 heavy (non-hydrogen) atoms. The van der Waals surface area contributed by atoms with Crippen molar-refractivity contribution in [3.63, 3.8) is 0 Å². The van der Waals surface area contributed by atoms with Crippen molar-refractivity contribution < 1.29 is 12.8 Å². The van der Waals surface area contributed by atoms with Gasteiger partial charge in [-0.2, -0.15) is 0 Å². The van der Waals surface area contributed by atoms with E-state index in [1.807, 2.05) is 13.8 Å². The van der Waals surface area contributed by atoms with Gasteiger partial charge in [-0.1, -0.05) is 35.8 Å². The summed E-state index contributed by atoms with van der Waals surface area (Å²) in [4.78, 5) is 0.00204. The zero-order valence-electron chi connectivity index (χ0n) is 11.3. The SMILES string of the molecule is Cc1ccc(F)cc1S(=O)(=O)NC(CBr)CC(C)C. The summed E-state index contributed by atoms with van der Waals surface area (Å²) in [5.74, 6) is -0.177. The van der Waals surface area contributed by atoms with E-state index in [9.17, 15) is 12.8 Å². The summed E-state index contributed by atoms with van der Waals surface area (Å²) >= 11 is 3.30. The van der Waals surface area contributed by atoms with Gasteiger partial charge in [0, 0.05) is 11.4 Å². The van der Waals surface area contributed by atoms with Crippen LogP contribution < -0.4 is 4.72 Å². The molecule has 0 aromatic heterocycles. The van der Waals surface area contributed by atoms with Crippen molar-refractivity contribution in [1.82, 2.24) is 4.72 Å². The number of nitrogens with one attached hydrogen (secondary N) is 1. The van der Waals surface area contributed by atoms with Crippen molar-refractivity contribution in [2.75, 3.05) is 5.33 Å². The number of rotatable bonds is 6. The molecule has 0 fully saturated rings. The minimum absolute atomic E-state index is 0.00204. The van der Waals surface area contributed by atoms with Crippen molar-refractivity contribution >= 4 is 26.0 Å². The molecule has 0 saturated heterocycles. The Morgan fingerprint density at radius 3 is 2.53 bits per heavy atom. The molecule has 0 aliphatic heterocycles. The second-order valence-corrected chi connectivity index (χ2v) is 7.34. The molecule has 1 unspecified atom stereocenters. The van der Waals surface area contributed by atoms with Gasteiger partial charge in [-0.05, 0) is 37.0 Å². The summed E-state index contributed by atoms with van der Waals surface area (Å²) in [6, 6.07) is 3.57. The zero-order chi connectivity index (χ0) is 14.6. The number of alkyl halides is 1. The molecule has 0 radical (unpaired) electrons. The number of halogens is 2. The highest BCUT2D eigenvalue weighted by atomic mass is 79.9. The van der Waals surface area contributed by atoms with E-state index in [2.05, 4.69) is 20.7 Å². The van der Waals surface area contributed by atoms with Crippen LogP contribution in [0.2, 0.25) is 0 Å². The Bertz CT molecular complexity index is 531. The van der Waals surface area contributed by atoms with Gasteiger partial charge in [0.1, 0.15) is 5.82 Å². The Morgan fingerprint density at radius 1 is 1.37 bits per heavy atom. The van der Waals surface area contributed by atoms with Crippen molar-refractivity contribution in [3.8, 4) is 0 Å². The third-order valence-electron chi connectivity index (χ3n) is 2.70. The van der Waals surface area contributed by atoms with Gasteiger partial charge >= 0.3 is 0 Å². The first kappa shape index (κ1) is 16.6. The van der Waals surface area contributed by atoms with Gasteiger partial charge in [0.2, 0.25) is 10.0 Å². The van der Waals surface area contributed by atoms with Crippen LogP contribution in [0.25, 0.3) is 0 Å². The number of hydrogen-bond acceptors (Lipinski definition) is 2. The van der Waals surface area contributed by atoms with Crippen LogP contribution in [0.1, 0.15) is 25.8 Å². The highest BCUT2D eigenvalue weighted by molar-refractivity contribution is 9.09. The number of aryl methyl sites for hydroxylation is 1. The van der Waals surface area contributed by atoms with Crippen LogP contribution in [0.15, 0.2) is 23.1 Å².